The normalized spacial score (nSPS) is 10.1. The first-order valence-electron chi connectivity index (χ1n) is 5.30. The van der Waals surface area contributed by atoms with Crippen LogP contribution in [0, 0.1) is 11.6 Å². The summed E-state index contributed by atoms with van der Waals surface area (Å²) < 4.78 is 26.0. The third kappa shape index (κ3) is 3.29. The van der Waals surface area contributed by atoms with Crippen LogP contribution in [-0.2, 0) is 0 Å². The molecule has 0 unspecified atom stereocenters. The van der Waals surface area contributed by atoms with E-state index in [0.717, 1.165) is 23.5 Å². The molecule has 0 saturated heterocycles. The molecular weight excluding hydrogens is 290 g/mol. The van der Waals surface area contributed by atoms with E-state index in [1.807, 2.05) is 0 Å². The summed E-state index contributed by atoms with van der Waals surface area (Å²) in [5, 5.41) is 14.5. The maximum Gasteiger partial charge on any atom is 0.409 e. The minimum atomic E-state index is -1.31. The van der Waals surface area contributed by atoms with Crippen LogP contribution in [0.5, 0.6) is 0 Å². The van der Waals surface area contributed by atoms with E-state index < -0.39 is 23.6 Å². The van der Waals surface area contributed by atoms with Gasteiger partial charge >= 0.3 is 6.09 Å². The monoisotopic (exact) mass is 298 g/mol. The summed E-state index contributed by atoms with van der Waals surface area (Å²) >= 11 is 1.00. The molecule has 0 fully saturated rings. The van der Waals surface area contributed by atoms with Crippen LogP contribution in [0.25, 0.3) is 0 Å². The van der Waals surface area contributed by atoms with E-state index in [-0.39, 0.29) is 16.3 Å². The molecule has 2 amide bonds. The summed E-state index contributed by atoms with van der Waals surface area (Å²) in [5.74, 6) is -2.31. The standard InChI is InChI=1S/C12H8F2N2O3S/c13-6-3-7(14)5-8(4-6)15-11(17)10-9(1-2-20-10)16-12(18)19/h1-5,16H,(H,15,17)(H,18,19). The minimum absolute atomic E-state index is 0.0535. The fraction of sp³-hybridized carbons (Fsp3) is 0. The number of carbonyl (C=O) groups excluding carboxylic acids is 1. The average molecular weight is 298 g/mol. The summed E-state index contributed by atoms with van der Waals surface area (Å²) in [5.41, 5.74) is 0.0547. The van der Waals surface area contributed by atoms with Gasteiger partial charge in [-0.25, -0.2) is 13.6 Å². The van der Waals surface area contributed by atoms with Crippen molar-refractivity contribution in [2.24, 2.45) is 0 Å². The van der Waals surface area contributed by atoms with Gasteiger partial charge in [0.05, 0.1) is 5.69 Å². The van der Waals surface area contributed by atoms with Crippen molar-refractivity contribution in [3.8, 4) is 0 Å². The van der Waals surface area contributed by atoms with Crippen molar-refractivity contribution in [2.45, 2.75) is 0 Å². The number of hydrogen-bond donors (Lipinski definition) is 3. The van der Waals surface area contributed by atoms with Crippen molar-refractivity contribution in [3.05, 3.63) is 46.2 Å². The van der Waals surface area contributed by atoms with E-state index in [4.69, 9.17) is 5.11 Å². The van der Waals surface area contributed by atoms with Crippen molar-refractivity contribution in [2.75, 3.05) is 10.6 Å². The molecule has 0 atom stereocenters. The third-order valence-corrected chi connectivity index (χ3v) is 3.15. The van der Waals surface area contributed by atoms with E-state index >= 15 is 0 Å². The lowest BCUT2D eigenvalue weighted by Crippen LogP contribution is -2.15. The van der Waals surface area contributed by atoms with Crippen LogP contribution < -0.4 is 10.6 Å². The molecule has 0 bridgehead atoms. The number of benzene rings is 1. The second-order valence-corrected chi connectivity index (χ2v) is 4.62. The van der Waals surface area contributed by atoms with E-state index in [1.165, 1.54) is 11.4 Å². The highest BCUT2D eigenvalue weighted by Gasteiger charge is 2.15. The van der Waals surface area contributed by atoms with Crippen LogP contribution in [-0.4, -0.2) is 17.1 Å². The Morgan fingerprint density at radius 3 is 2.35 bits per heavy atom. The molecular formula is C12H8F2N2O3S. The largest absolute Gasteiger partial charge is 0.465 e. The van der Waals surface area contributed by atoms with Crippen molar-refractivity contribution in [3.63, 3.8) is 0 Å². The van der Waals surface area contributed by atoms with E-state index in [2.05, 4.69) is 10.6 Å². The fourth-order valence-corrected chi connectivity index (χ4v) is 2.26. The summed E-state index contributed by atoms with van der Waals surface area (Å²) in [7, 11) is 0. The molecule has 104 valence electrons. The molecule has 0 aliphatic heterocycles. The number of halogens is 2. The Balaban J connectivity index is 2.20. The first kappa shape index (κ1) is 13.9. The lowest BCUT2D eigenvalue weighted by molar-refractivity contribution is 0.103. The summed E-state index contributed by atoms with van der Waals surface area (Å²) in [6, 6.07) is 4.01. The number of hydrogen-bond acceptors (Lipinski definition) is 3. The smallest absolute Gasteiger partial charge is 0.409 e. The molecule has 0 aliphatic rings. The summed E-state index contributed by atoms with van der Waals surface area (Å²) in [4.78, 5) is 22.6. The van der Waals surface area contributed by atoms with Crippen LogP contribution in [0.4, 0.5) is 25.0 Å². The number of anilines is 2. The Labute approximate surface area is 115 Å². The van der Waals surface area contributed by atoms with Crippen molar-refractivity contribution in [1.29, 1.82) is 0 Å². The highest BCUT2D eigenvalue weighted by atomic mass is 32.1. The molecule has 0 aliphatic carbocycles. The molecule has 2 aromatic rings. The Morgan fingerprint density at radius 1 is 1.10 bits per heavy atom. The van der Waals surface area contributed by atoms with Gasteiger partial charge in [-0.15, -0.1) is 11.3 Å². The topological polar surface area (TPSA) is 78.4 Å². The molecule has 1 aromatic heterocycles. The number of amides is 2. The van der Waals surface area contributed by atoms with Gasteiger partial charge in [0.15, 0.2) is 0 Å². The zero-order valence-electron chi connectivity index (χ0n) is 9.81. The van der Waals surface area contributed by atoms with Gasteiger partial charge in [0.25, 0.3) is 5.91 Å². The molecule has 0 spiro atoms. The van der Waals surface area contributed by atoms with E-state index in [1.54, 1.807) is 0 Å². The molecule has 1 heterocycles. The highest BCUT2D eigenvalue weighted by Crippen LogP contribution is 2.24. The fourth-order valence-electron chi connectivity index (χ4n) is 1.51. The summed E-state index contributed by atoms with van der Waals surface area (Å²) in [6.45, 7) is 0. The zero-order chi connectivity index (χ0) is 14.7. The molecule has 1 aromatic carbocycles. The maximum absolute atomic E-state index is 13.0. The lowest BCUT2D eigenvalue weighted by Gasteiger charge is -2.06. The number of rotatable bonds is 3. The second-order valence-electron chi connectivity index (χ2n) is 3.71. The van der Waals surface area contributed by atoms with Gasteiger partial charge in [-0.05, 0) is 23.6 Å². The van der Waals surface area contributed by atoms with Crippen molar-refractivity contribution in [1.82, 2.24) is 0 Å². The van der Waals surface area contributed by atoms with Gasteiger partial charge in [0.1, 0.15) is 16.5 Å². The first-order valence-corrected chi connectivity index (χ1v) is 6.18. The lowest BCUT2D eigenvalue weighted by atomic mass is 10.3. The summed E-state index contributed by atoms with van der Waals surface area (Å²) in [6.07, 6.45) is -1.31. The quantitative estimate of drug-likeness (QED) is 0.813. The van der Waals surface area contributed by atoms with Crippen LogP contribution in [0.1, 0.15) is 9.67 Å². The Hall–Kier alpha value is -2.48. The van der Waals surface area contributed by atoms with Gasteiger partial charge in [-0.1, -0.05) is 0 Å². The van der Waals surface area contributed by atoms with Gasteiger partial charge < -0.3 is 10.4 Å². The molecule has 20 heavy (non-hydrogen) atoms. The molecule has 2 rings (SSSR count). The minimum Gasteiger partial charge on any atom is -0.465 e. The second kappa shape index (κ2) is 5.66. The van der Waals surface area contributed by atoms with E-state index in [0.29, 0.717) is 6.07 Å². The van der Waals surface area contributed by atoms with Gasteiger partial charge in [-0.2, -0.15) is 0 Å². The van der Waals surface area contributed by atoms with Crippen LogP contribution in [0.3, 0.4) is 0 Å². The molecule has 8 heteroatoms. The third-order valence-electron chi connectivity index (χ3n) is 2.23. The predicted octanol–water partition coefficient (Wildman–Crippen LogP) is 3.37. The van der Waals surface area contributed by atoms with Gasteiger partial charge in [0.2, 0.25) is 0 Å². The molecule has 0 radical (unpaired) electrons. The predicted molar refractivity (Wildman–Crippen MR) is 70.3 cm³/mol. The van der Waals surface area contributed by atoms with Crippen molar-refractivity contribution >= 4 is 34.7 Å². The van der Waals surface area contributed by atoms with Crippen LogP contribution >= 0.6 is 11.3 Å². The molecule has 0 saturated carbocycles. The SMILES string of the molecule is O=C(O)Nc1ccsc1C(=O)Nc1cc(F)cc(F)c1. The van der Waals surface area contributed by atoms with Crippen molar-refractivity contribution < 1.29 is 23.5 Å². The molecule has 3 N–H and O–H groups in total. The Bertz CT molecular complexity index is 652. The molecule has 5 nitrogen and oxygen atoms in total. The van der Waals surface area contributed by atoms with Gasteiger partial charge in [-0.3, -0.25) is 10.1 Å². The van der Waals surface area contributed by atoms with Crippen LogP contribution in [0.15, 0.2) is 29.6 Å². The first-order chi connectivity index (χ1) is 9.45. The number of carbonyl (C=O) groups is 2. The maximum atomic E-state index is 13.0. The average Bonchev–Trinajstić information content (AvgIpc) is 2.74. The van der Waals surface area contributed by atoms with Crippen LogP contribution in [0.2, 0.25) is 0 Å². The zero-order valence-corrected chi connectivity index (χ0v) is 10.6. The number of nitrogens with one attached hydrogen (secondary N) is 2. The highest BCUT2D eigenvalue weighted by molar-refractivity contribution is 7.12. The number of carboxylic acid groups (broad SMARTS) is 1. The Kier molecular flexibility index (Phi) is 3.94. The van der Waals surface area contributed by atoms with Gasteiger partial charge in [0, 0.05) is 11.8 Å². The van der Waals surface area contributed by atoms with E-state index in [9.17, 15) is 18.4 Å². The number of thiophene rings is 1. The Morgan fingerprint density at radius 2 is 1.75 bits per heavy atom.